The number of aromatic nitrogens is 2. The van der Waals surface area contributed by atoms with Gasteiger partial charge in [0.15, 0.2) is 0 Å². The topological polar surface area (TPSA) is 66.3 Å². The number of alkyl halides is 3. The summed E-state index contributed by atoms with van der Waals surface area (Å²) in [6, 6.07) is 4.68. The van der Waals surface area contributed by atoms with Gasteiger partial charge in [0.25, 0.3) is 0 Å². The largest absolute Gasteiger partial charge is 0.478 e. The van der Waals surface area contributed by atoms with Crippen molar-refractivity contribution < 1.29 is 23.1 Å². The van der Waals surface area contributed by atoms with Gasteiger partial charge in [0.1, 0.15) is 0 Å². The van der Waals surface area contributed by atoms with Crippen LogP contribution in [0.25, 0.3) is 5.57 Å². The van der Waals surface area contributed by atoms with Crippen LogP contribution in [0.1, 0.15) is 36.0 Å². The molecule has 29 heavy (non-hydrogen) atoms. The number of piperidine rings is 1. The molecule has 1 aliphatic rings. The fourth-order valence-electron chi connectivity index (χ4n) is 3.14. The van der Waals surface area contributed by atoms with Crippen molar-refractivity contribution in [1.29, 1.82) is 0 Å². The molecular weight excluding hydrogens is 383 g/mol. The molecule has 1 aromatic heterocycles. The Labute approximate surface area is 166 Å². The number of aliphatic carboxylic acids is 1. The van der Waals surface area contributed by atoms with Crippen molar-refractivity contribution in [3.05, 3.63) is 71.6 Å². The van der Waals surface area contributed by atoms with Crippen LogP contribution < -0.4 is 4.90 Å². The average molecular weight is 403 g/mol. The third kappa shape index (κ3) is 5.43. The number of carbonyl (C=O) groups is 1. The molecule has 0 aliphatic carbocycles. The van der Waals surface area contributed by atoms with Crippen LogP contribution in [0.2, 0.25) is 0 Å². The van der Waals surface area contributed by atoms with Crippen LogP contribution in [0.4, 0.5) is 19.1 Å². The number of carboxylic acid groups (broad SMARTS) is 1. The molecule has 5 nitrogen and oxygen atoms in total. The first-order chi connectivity index (χ1) is 13.8. The molecule has 3 rings (SSSR count). The second-order valence-corrected chi connectivity index (χ2v) is 6.67. The van der Waals surface area contributed by atoms with Gasteiger partial charge in [-0.2, -0.15) is 13.2 Å². The van der Waals surface area contributed by atoms with E-state index in [4.69, 9.17) is 5.11 Å². The zero-order valence-electron chi connectivity index (χ0n) is 15.6. The summed E-state index contributed by atoms with van der Waals surface area (Å²) in [5.74, 6) is -0.508. The number of hydrogen-bond donors (Lipinski definition) is 1. The van der Waals surface area contributed by atoms with Crippen LogP contribution in [-0.4, -0.2) is 34.1 Å². The van der Waals surface area contributed by atoms with Gasteiger partial charge in [0.05, 0.1) is 5.56 Å². The number of halogens is 3. The van der Waals surface area contributed by atoms with E-state index < -0.39 is 17.7 Å². The van der Waals surface area contributed by atoms with Crippen LogP contribution in [0, 0.1) is 0 Å². The predicted molar refractivity (Wildman–Crippen MR) is 103 cm³/mol. The van der Waals surface area contributed by atoms with Gasteiger partial charge in [0.2, 0.25) is 5.95 Å². The number of rotatable bonds is 5. The third-order valence-corrected chi connectivity index (χ3v) is 4.61. The average Bonchev–Trinajstić information content (AvgIpc) is 2.71. The first-order valence-electron chi connectivity index (χ1n) is 9.21. The zero-order valence-corrected chi connectivity index (χ0v) is 15.6. The molecule has 152 valence electrons. The van der Waals surface area contributed by atoms with Crippen molar-refractivity contribution in [2.45, 2.75) is 25.4 Å². The summed E-state index contributed by atoms with van der Waals surface area (Å²) in [4.78, 5) is 21.7. The Morgan fingerprint density at radius 3 is 2.17 bits per heavy atom. The van der Waals surface area contributed by atoms with Gasteiger partial charge in [-0.3, -0.25) is 0 Å². The molecule has 1 saturated heterocycles. The number of nitrogens with zero attached hydrogens (tertiary/aromatic N) is 3. The molecule has 1 N–H and O–H groups in total. The van der Waals surface area contributed by atoms with E-state index in [-0.39, 0.29) is 0 Å². The molecule has 2 aromatic rings. The van der Waals surface area contributed by atoms with Crippen molar-refractivity contribution in [3.63, 3.8) is 0 Å². The van der Waals surface area contributed by atoms with E-state index in [1.807, 2.05) is 0 Å². The maximum Gasteiger partial charge on any atom is 0.416 e. The molecule has 0 spiro atoms. The predicted octanol–water partition coefficient (Wildman–Crippen LogP) is 4.56. The van der Waals surface area contributed by atoms with Crippen molar-refractivity contribution >= 4 is 17.5 Å². The lowest BCUT2D eigenvalue weighted by molar-refractivity contribution is -0.137. The highest BCUT2D eigenvalue weighted by atomic mass is 19.4. The summed E-state index contributed by atoms with van der Waals surface area (Å²) in [6.07, 6.45) is 5.95. The fourth-order valence-corrected chi connectivity index (χ4v) is 3.14. The lowest BCUT2D eigenvalue weighted by Gasteiger charge is -2.26. The molecule has 1 fully saturated rings. The minimum Gasteiger partial charge on any atom is -0.478 e. The van der Waals surface area contributed by atoms with Crippen LogP contribution in [-0.2, 0) is 11.0 Å². The summed E-state index contributed by atoms with van der Waals surface area (Å²) in [5.41, 5.74) is 0.864. The molecule has 0 unspecified atom stereocenters. The number of carboxylic acids is 1. The maximum atomic E-state index is 12.8. The van der Waals surface area contributed by atoms with Crippen molar-refractivity contribution in [2.75, 3.05) is 18.0 Å². The number of anilines is 1. The maximum absolute atomic E-state index is 12.8. The van der Waals surface area contributed by atoms with Crippen LogP contribution in [0.5, 0.6) is 0 Å². The minimum absolute atomic E-state index is 0.502. The molecule has 2 heterocycles. The Hall–Kier alpha value is -3.16. The first-order valence-corrected chi connectivity index (χ1v) is 9.21. The molecule has 0 amide bonds. The van der Waals surface area contributed by atoms with E-state index in [1.165, 1.54) is 30.7 Å². The molecule has 1 aromatic carbocycles. The monoisotopic (exact) mass is 403 g/mol. The molecular formula is C21H20F3N3O2. The van der Waals surface area contributed by atoms with Gasteiger partial charge in [-0.1, -0.05) is 24.3 Å². The van der Waals surface area contributed by atoms with Gasteiger partial charge in [-0.05, 0) is 42.5 Å². The first kappa shape index (κ1) is 20.6. The lowest BCUT2D eigenvalue weighted by Crippen LogP contribution is -2.30. The van der Waals surface area contributed by atoms with Crippen LogP contribution in [0.3, 0.4) is 0 Å². The summed E-state index contributed by atoms with van der Waals surface area (Å²) in [7, 11) is 0. The molecule has 0 bridgehead atoms. The molecule has 1 aliphatic heterocycles. The third-order valence-electron chi connectivity index (χ3n) is 4.61. The highest BCUT2D eigenvalue weighted by molar-refractivity contribution is 5.83. The lowest BCUT2D eigenvalue weighted by atomic mass is 9.98. The Bertz CT molecular complexity index is 898. The van der Waals surface area contributed by atoms with Gasteiger partial charge in [0, 0.05) is 37.1 Å². The Morgan fingerprint density at radius 1 is 1.00 bits per heavy atom. The second-order valence-electron chi connectivity index (χ2n) is 6.67. The second kappa shape index (κ2) is 8.89. The van der Waals surface area contributed by atoms with Gasteiger partial charge < -0.3 is 10.0 Å². The zero-order chi connectivity index (χ0) is 20.9. The Kier molecular flexibility index (Phi) is 6.31. The van der Waals surface area contributed by atoms with Crippen molar-refractivity contribution in [3.8, 4) is 0 Å². The van der Waals surface area contributed by atoms with E-state index >= 15 is 0 Å². The number of hydrogen-bond acceptors (Lipinski definition) is 4. The highest BCUT2D eigenvalue weighted by Crippen LogP contribution is 2.31. The Balaban J connectivity index is 1.92. The van der Waals surface area contributed by atoms with Crippen molar-refractivity contribution in [2.24, 2.45) is 0 Å². The highest BCUT2D eigenvalue weighted by Gasteiger charge is 2.30. The van der Waals surface area contributed by atoms with E-state index in [9.17, 15) is 18.0 Å². The summed E-state index contributed by atoms with van der Waals surface area (Å²) >= 11 is 0. The van der Waals surface area contributed by atoms with Gasteiger partial charge in [-0.25, -0.2) is 14.8 Å². The SMILES string of the molecule is O=C(O)/C=C/C=C(\c1ccc(C(F)(F)F)cc1)c1cnc(N2CCCCC2)nc1. The standard InChI is InChI=1S/C21H20F3N3O2/c22-21(23,24)17-9-7-15(8-10-17)18(5-4-6-19(28)29)16-13-25-20(26-14-16)27-11-2-1-3-12-27/h4-10,13-14H,1-3,11-12H2,(H,28,29)/b6-4+,18-5+. The number of allylic oxidation sites excluding steroid dienone is 2. The van der Waals surface area contributed by atoms with Crippen LogP contribution in [0.15, 0.2) is 54.9 Å². The summed E-state index contributed by atoms with van der Waals surface area (Å²) in [6.45, 7) is 1.78. The number of benzene rings is 1. The van der Waals surface area contributed by atoms with Gasteiger partial charge >= 0.3 is 12.1 Å². The van der Waals surface area contributed by atoms with E-state index in [0.29, 0.717) is 22.6 Å². The van der Waals surface area contributed by atoms with E-state index in [0.717, 1.165) is 44.1 Å². The molecule has 0 radical (unpaired) electrons. The minimum atomic E-state index is -4.43. The fraction of sp³-hybridized carbons (Fsp3) is 0.286. The Morgan fingerprint density at radius 2 is 1.62 bits per heavy atom. The quantitative estimate of drug-likeness (QED) is 0.586. The smallest absolute Gasteiger partial charge is 0.416 e. The molecule has 0 atom stereocenters. The van der Waals surface area contributed by atoms with E-state index in [2.05, 4.69) is 14.9 Å². The summed E-state index contributed by atoms with van der Waals surface area (Å²) < 4.78 is 38.5. The van der Waals surface area contributed by atoms with E-state index in [1.54, 1.807) is 12.4 Å². The summed E-state index contributed by atoms with van der Waals surface area (Å²) in [5, 5.41) is 8.80. The van der Waals surface area contributed by atoms with Gasteiger partial charge in [-0.15, -0.1) is 0 Å². The molecule has 8 heteroatoms. The normalized spacial score (nSPS) is 15.7. The van der Waals surface area contributed by atoms with Crippen molar-refractivity contribution in [1.82, 2.24) is 9.97 Å². The molecule has 0 saturated carbocycles. The van der Waals surface area contributed by atoms with Crippen LogP contribution >= 0.6 is 0 Å².